The monoisotopic (exact) mass is 486 g/mol. The molecular weight excluding hydrogens is 456 g/mol. The molecule has 0 fully saturated rings. The Balaban J connectivity index is 1.58. The second-order valence-electron chi connectivity index (χ2n) is 8.24. The highest BCUT2D eigenvalue weighted by Gasteiger charge is 2.16. The van der Waals surface area contributed by atoms with Gasteiger partial charge in [0, 0.05) is 52.4 Å². The molecule has 0 atom stereocenters. The van der Waals surface area contributed by atoms with Crippen LogP contribution in [0.5, 0.6) is 0 Å². The predicted molar refractivity (Wildman–Crippen MR) is 147 cm³/mol. The van der Waals surface area contributed by atoms with E-state index in [4.69, 9.17) is 15.0 Å². The van der Waals surface area contributed by atoms with Gasteiger partial charge in [-0.15, -0.1) is 11.3 Å². The SMILES string of the molecule is CCN(CC)c1nc(Nc2cc(-c3cc4ccccc4s3)c3[nH]ncc3c2)nc(N(CC)CC)n1. The average Bonchev–Trinajstić information content (AvgIpc) is 3.52. The van der Waals surface area contributed by atoms with Crippen LogP contribution in [0.15, 0.2) is 48.7 Å². The van der Waals surface area contributed by atoms with Crippen LogP contribution in [0.4, 0.5) is 23.5 Å². The van der Waals surface area contributed by atoms with E-state index in [-0.39, 0.29) is 0 Å². The van der Waals surface area contributed by atoms with Crippen molar-refractivity contribution < 1.29 is 0 Å². The number of fused-ring (bicyclic) bond motifs is 2. The van der Waals surface area contributed by atoms with Gasteiger partial charge in [-0.1, -0.05) is 18.2 Å². The van der Waals surface area contributed by atoms with E-state index in [0.717, 1.165) is 48.3 Å². The number of rotatable bonds is 9. The number of anilines is 4. The Morgan fingerprint density at radius 1 is 0.829 bits per heavy atom. The molecule has 2 N–H and O–H groups in total. The van der Waals surface area contributed by atoms with Crippen LogP contribution in [0.1, 0.15) is 27.7 Å². The molecule has 0 aliphatic carbocycles. The summed E-state index contributed by atoms with van der Waals surface area (Å²) >= 11 is 1.78. The predicted octanol–water partition coefficient (Wildman–Crippen LogP) is 6.07. The molecule has 0 saturated heterocycles. The standard InChI is InChI=1S/C26H30N8S/c1-5-33(6-2)25-29-24(30-26(31-25)34(7-3)8-4)28-19-13-18-16-27-32-23(18)20(15-19)22-14-17-11-9-10-12-21(17)35-22/h9-16H,5-8H2,1-4H3,(H,27,32)(H,28,29,30,31). The molecule has 5 aromatic rings. The number of aromatic nitrogens is 5. The summed E-state index contributed by atoms with van der Waals surface area (Å²) in [6, 6.07) is 14.9. The molecule has 0 amide bonds. The summed E-state index contributed by atoms with van der Waals surface area (Å²) in [6.07, 6.45) is 1.85. The van der Waals surface area contributed by atoms with Gasteiger partial charge in [0.1, 0.15) is 0 Å². The topological polar surface area (TPSA) is 85.9 Å². The van der Waals surface area contributed by atoms with Crippen LogP contribution in [0, 0.1) is 0 Å². The number of nitrogens with one attached hydrogen (secondary N) is 2. The highest BCUT2D eigenvalue weighted by atomic mass is 32.1. The highest BCUT2D eigenvalue weighted by molar-refractivity contribution is 7.22. The number of benzene rings is 2. The number of hydrogen-bond donors (Lipinski definition) is 2. The molecule has 180 valence electrons. The van der Waals surface area contributed by atoms with Crippen molar-refractivity contribution in [1.82, 2.24) is 25.1 Å². The van der Waals surface area contributed by atoms with Crippen LogP contribution in [-0.2, 0) is 0 Å². The quantitative estimate of drug-likeness (QED) is 0.262. The first-order valence-electron chi connectivity index (χ1n) is 12.1. The van der Waals surface area contributed by atoms with Gasteiger partial charge in [-0.2, -0.15) is 20.1 Å². The molecule has 5 rings (SSSR count). The molecule has 3 aromatic heterocycles. The first kappa shape index (κ1) is 23.0. The van der Waals surface area contributed by atoms with Gasteiger partial charge in [0.25, 0.3) is 0 Å². The fraction of sp³-hybridized carbons (Fsp3) is 0.308. The largest absolute Gasteiger partial charge is 0.341 e. The smallest absolute Gasteiger partial charge is 0.233 e. The molecule has 0 bridgehead atoms. The lowest BCUT2D eigenvalue weighted by molar-refractivity contribution is 0.779. The number of H-pyrrole nitrogens is 1. The second kappa shape index (κ2) is 9.87. The van der Waals surface area contributed by atoms with E-state index in [9.17, 15) is 0 Å². The van der Waals surface area contributed by atoms with Gasteiger partial charge in [-0.3, -0.25) is 5.10 Å². The van der Waals surface area contributed by atoms with Gasteiger partial charge in [-0.05, 0) is 57.3 Å². The van der Waals surface area contributed by atoms with Crippen LogP contribution < -0.4 is 15.1 Å². The molecule has 0 spiro atoms. The summed E-state index contributed by atoms with van der Waals surface area (Å²) in [5.41, 5.74) is 3.03. The zero-order valence-electron chi connectivity index (χ0n) is 20.5. The van der Waals surface area contributed by atoms with Crippen LogP contribution in [0.2, 0.25) is 0 Å². The minimum absolute atomic E-state index is 0.536. The Bertz CT molecular complexity index is 1390. The van der Waals surface area contributed by atoms with Gasteiger partial charge in [0.2, 0.25) is 17.8 Å². The molecule has 3 heterocycles. The molecule has 0 aliphatic heterocycles. The van der Waals surface area contributed by atoms with Crippen LogP contribution in [0.25, 0.3) is 31.4 Å². The van der Waals surface area contributed by atoms with Crippen molar-refractivity contribution in [3.8, 4) is 10.4 Å². The molecule has 2 aromatic carbocycles. The van der Waals surface area contributed by atoms with E-state index >= 15 is 0 Å². The normalized spacial score (nSPS) is 11.3. The van der Waals surface area contributed by atoms with Crippen molar-refractivity contribution >= 4 is 55.9 Å². The summed E-state index contributed by atoms with van der Waals surface area (Å²) in [7, 11) is 0. The second-order valence-corrected chi connectivity index (χ2v) is 9.32. The summed E-state index contributed by atoms with van der Waals surface area (Å²) in [6.45, 7) is 11.8. The van der Waals surface area contributed by atoms with E-state index < -0.39 is 0 Å². The van der Waals surface area contributed by atoms with Crippen molar-refractivity contribution in [3.63, 3.8) is 0 Å². The zero-order chi connectivity index (χ0) is 24.4. The minimum atomic E-state index is 0.536. The molecule has 0 aliphatic rings. The van der Waals surface area contributed by atoms with Crippen molar-refractivity contribution in [2.75, 3.05) is 41.3 Å². The summed E-state index contributed by atoms with van der Waals surface area (Å²) in [5.74, 6) is 1.90. The maximum atomic E-state index is 4.77. The van der Waals surface area contributed by atoms with E-state index in [1.807, 2.05) is 6.20 Å². The fourth-order valence-electron chi connectivity index (χ4n) is 4.27. The number of aromatic amines is 1. The summed E-state index contributed by atoms with van der Waals surface area (Å²) < 4.78 is 1.26. The maximum Gasteiger partial charge on any atom is 0.233 e. The van der Waals surface area contributed by atoms with E-state index in [1.54, 1.807) is 11.3 Å². The van der Waals surface area contributed by atoms with Crippen LogP contribution >= 0.6 is 11.3 Å². The molecule has 35 heavy (non-hydrogen) atoms. The van der Waals surface area contributed by atoms with Crippen LogP contribution in [0.3, 0.4) is 0 Å². The Morgan fingerprint density at radius 3 is 2.17 bits per heavy atom. The van der Waals surface area contributed by atoms with Gasteiger partial charge >= 0.3 is 0 Å². The average molecular weight is 487 g/mol. The zero-order valence-corrected chi connectivity index (χ0v) is 21.4. The Morgan fingerprint density at radius 2 is 1.51 bits per heavy atom. The van der Waals surface area contributed by atoms with Crippen LogP contribution in [-0.4, -0.2) is 51.3 Å². The number of thiophene rings is 1. The third kappa shape index (κ3) is 4.51. The molecule has 8 nitrogen and oxygen atoms in total. The summed E-state index contributed by atoms with van der Waals surface area (Å²) in [5, 5.41) is 13.2. The molecular formula is C26H30N8S. The first-order valence-corrected chi connectivity index (χ1v) is 12.9. The van der Waals surface area contributed by atoms with Gasteiger partial charge in [0.15, 0.2) is 0 Å². The lowest BCUT2D eigenvalue weighted by Gasteiger charge is -2.23. The highest BCUT2D eigenvalue weighted by Crippen LogP contribution is 2.38. The van der Waals surface area contributed by atoms with E-state index in [1.165, 1.54) is 15.0 Å². The van der Waals surface area contributed by atoms with Gasteiger partial charge < -0.3 is 15.1 Å². The van der Waals surface area contributed by atoms with Gasteiger partial charge in [-0.25, -0.2) is 0 Å². The molecule has 0 unspecified atom stereocenters. The Hall–Kier alpha value is -3.72. The first-order chi connectivity index (χ1) is 17.1. The van der Waals surface area contributed by atoms with Crippen molar-refractivity contribution in [1.29, 1.82) is 0 Å². The number of nitrogens with zero attached hydrogens (tertiary/aromatic N) is 6. The van der Waals surface area contributed by atoms with E-state index in [2.05, 4.69) is 95.5 Å². The van der Waals surface area contributed by atoms with E-state index in [0.29, 0.717) is 17.8 Å². The fourth-order valence-corrected chi connectivity index (χ4v) is 5.36. The lowest BCUT2D eigenvalue weighted by atomic mass is 10.1. The third-order valence-corrected chi connectivity index (χ3v) is 7.35. The minimum Gasteiger partial charge on any atom is -0.341 e. The molecule has 0 saturated carbocycles. The summed E-state index contributed by atoms with van der Waals surface area (Å²) in [4.78, 5) is 19.8. The lowest BCUT2D eigenvalue weighted by Crippen LogP contribution is -2.29. The Labute approximate surface area is 209 Å². The van der Waals surface area contributed by atoms with Crippen molar-refractivity contribution in [3.05, 3.63) is 48.7 Å². The third-order valence-electron chi connectivity index (χ3n) is 6.20. The maximum absolute atomic E-state index is 4.77. The van der Waals surface area contributed by atoms with Crippen molar-refractivity contribution in [2.24, 2.45) is 0 Å². The van der Waals surface area contributed by atoms with Crippen molar-refractivity contribution in [2.45, 2.75) is 27.7 Å². The Kier molecular flexibility index (Phi) is 6.50. The number of hydrogen-bond acceptors (Lipinski definition) is 8. The molecule has 0 radical (unpaired) electrons. The molecule has 9 heteroatoms. The van der Waals surface area contributed by atoms with Gasteiger partial charge in [0.05, 0.1) is 11.7 Å².